The smallest absolute Gasteiger partial charge is 0.150 e. The van der Waals surface area contributed by atoms with Crippen molar-refractivity contribution < 1.29 is 8.42 Å². The zero-order chi connectivity index (χ0) is 10.7. The van der Waals surface area contributed by atoms with Gasteiger partial charge in [-0.3, -0.25) is 0 Å². The molecule has 0 aromatic heterocycles. The molecule has 4 heteroatoms. The molecule has 0 amide bonds. The predicted molar refractivity (Wildman–Crippen MR) is 55.5 cm³/mol. The number of nitrogens with zero attached hydrogens (tertiary/aromatic N) is 1. The van der Waals surface area contributed by atoms with Crippen LogP contribution in [0.15, 0.2) is 0 Å². The van der Waals surface area contributed by atoms with Gasteiger partial charge < -0.3 is 0 Å². The Balaban J connectivity index is 2.44. The number of hydrogen-bond acceptors (Lipinski definition) is 3. The van der Waals surface area contributed by atoms with Crippen molar-refractivity contribution in [3.05, 3.63) is 0 Å². The van der Waals surface area contributed by atoms with Crippen molar-refractivity contribution in [3.63, 3.8) is 0 Å². The predicted octanol–water partition coefficient (Wildman–Crippen LogP) is 1.90. The van der Waals surface area contributed by atoms with Crippen LogP contribution in [0.2, 0.25) is 0 Å². The van der Waals surface area contributed by atoms with E-state index < -0.39 is 9.84 Å². The second kappa shape index (κ2) is 4.31. The quantitative estimate of drug-likeness (QED) is 0.703. The molecule has 1 saturated carbocycles. The van der Waals surface area contributed by atoms with E-state index in [-0.39, 0.29) is 16.9 Å². The van der Waals surface area contributed by atoms with Crippen LogP contribution in [0.5, 0.6) is 0 Å². The Morgan fingerprint density at radius 2 is 2.00 bits per heavy atom. The molecule has 1 aliphatic rings. The van der Waals surface area contributed by atoms with Gasteiger partial charge in [0.1, 0.15) is 9.84 Å². The number of sulfone groups is 1. The van der Waals surface area contributed by atoms with Gasteiger partial charge in [0.2, 0.25) is 0 Å². The maximum atomic E-state index is 11.4. The Kier molecular flexibility index (Phi) is 3.54. The summed E-state index contributed by atoms with van der Waals surface area (Å²) in [6.07, 6.45) is 4.03. The van der Waals surface area contributed by atoms with Crippen LogP contribution in [-0.4, -0.2) is 19.9 Å². The number of hydrogen-bond donors (Lipinski definition) is 0. The molecular formula is C10H17NO2S. The van der Waals surface area contributed by atoms with Crippen LogP contribution < -0.4 is 0 Å². The van der Waals surface area contributed by atoms with Gasteiger partial charge in [-0.2, -0.15) is 5.26 Å². The molecule has 1 aliphatic carbocycles. The molecule has 80 valence electrons. The molecule has 0 N–H and O–H groups in total. The first-order chi connectivity index (χ1) is 6.54. The maximum Gasteiger partial charge on any atom is 0.150 e. The summed E-state index contributed by atoms with van der Waals surface area (Å²) < 4.78 is 22.8. The molecular weight excluding hydrogens is 198 g/mol. The van der Waals surface area contributed by atoms with Crippen LogP contribution >= 0.6 is 0 Å². The summed E-state index contributed by atoms with van der Waals surface area (Å²) in [5, 5.41) is 8.92. The highest BCUT2D eigenvalue weighted by molar-refractivity contribution is 7.91. The second-order valence-electron chi connectivity index (χ2n) is 4.15. The van der Waals surface area contributed by atoms with E-state index >= 15 is 0 Å². The van der Waals surface area contributed by atoms with Crippen LogP contribution in [0.1, 0.15) is 39.0 Å². The molecule has 0 radical (unpaired) electrons. The summed E-state index contributed by atoms with van der Waals surface area (Å²) in [4.78, 5) is 0. The summed E-state index contributed by atoms with van der Waals surface area (Å²) in [5.41, 5.74) is -0.305. The molecule has 0 spiro atoms. The van der Waals surface area contributed by atoms with E-state index in [0.29, 0.717) is 12.8 Å². The maximum absolute atomic E-state index is 11.4. The van der Waals surface area contributed by atoms with Gasteiger partial charge in [-0.05, 0) is 25.7 Å². The monoisotopic (exact) mass is 215 g/mol. The Morgan fingerprint density at radius 3 is 2.36 bits per heavy atom. The van der Waals surface area contributed by atoms with E-state index in [2.05, 4.69) is 6.07 Å². The van der Waals surface area contributed by atoms with Crippen LogP contribution in [0.4, 0.5) is 0 Å². The molecule has 0 bridgehead atoms. The topological polar surface area (TPSA) is 57.9 Å². The average Bonchev–Trinajstić information content (AvgIpc) is 2.03. The highest BCUT2D eigenvalue weighted by atomic mass is 32.2. The zero-order valence-corrected chi connectivity index (χ0v) is 9.44. The fraction of sp³-hybridized carbons (Fsp3) is 0.900. The Morgan fingerprint density at radius 1 is 1.36 bits per heavy atom. The normalized spacial score (nSPS) is 19.7. The van der Waals surface area contributed by atoms with Gasteiger partial charge in [0.05, 0.1) is 17.2 Å². The molecule has 0 aliphatic heterocycles. The summed E-state index contributed by atoms with van der Waals surface area (Å²) in [7, 11) is -2.90. The molecule has 0 unspecified atom stereocenters. The van der Waals surface area contributed by atoms with Crippen molar-refractivity contribution >= 4 is 9.84 Å². The zero-order valence-electron chi connectivity index (χ0n) is 8.62. The van der Waals surface area contributed by atoms with Gasteiger partial charge in [-0.15, -0.1) is 0 Å². The number of rotatable bonds is 5. The summed E-state index contributed by atoms with van der Waals surface area (Å²) in [5.74, 6) is 0.447. The highest BCUT2D eigenvalue weighted by Gasteiger charge is 2.37. The molecule has 0 atom stereocenters. The molecule has 0 aromatic rings. The molecule has 0 heterocycles. The summed E-state index contributed by atoms with van der Waals surface area (Å²) >= 11 is 0. The third-order valence-electron chi connectivity index (χ3n) is 2.95. The van der Waals surface area contributed by atoms with E-state index in [9.17, 15) is 8.42 Å². The SMILES string of the molecule is CCCS(=O)(=O)CCC1(C#N)CCC1. The standard InChI is InChI=1S/C10H17NO2S/c1-2-7-14(12,13)8-6-10(9-11)4-3-5-10/h2-8H2,1H3. The molecule has 1 rings (SSSR count). The highest BCUT2D eigenvalue weighted by Crippen LogP contribution is 2.43. The summed E-state index contributed by atoms with van der Waals surface area (Å²) in [6, 6.07) is 2.27. The third kappa shape index (κ3) is 2.71. The van der Waals surface area contributed by atoms with Gasteiger partial charge in [0.15, 0.2) is 0 Å². The first-order valence-corrected chi connectivity index (χ1v) is 6.97. The van der Waals surface area contributed by atoms with Crippen LogP contribution in [0.25, 0.3) is 0 Å². The minimum Gasteiger partial charge on any atom is -0.229 e. The third-order valence-corrected chi connectivity index (χ3v) is 4.81. The fourth-order valence-electron chi connectivity index (χ4n) is 1.79. The minimum atomic E-state index is -2.90. The van der Waals surface area contributed by atoms with E-state index in [0.717, 1.165) is 19.3 Å². The van der Waals surface area contributed by atoms with Gasteiger partial charge >= 0.3 is 0 Å². The van der Waals surface area contributed by atoms with Crippen molar-refractivity contribution in [1.82, 2.24) is 0 Å². The van der Waals surface area contributed by atoms with Crippen LogP contribution in [-0.2, 0) is 9.84 Å². The number of nitriles is 1. The Hall–Kier alpha value is -0.560. The Labute approximate surface area is 86.0 Å². The van der Waals surface area contributed by atoms with Crippen LogP contribution in [0, 0.1) is 16.7 Å². The lowest BCUT2D eigenvalue weighted by Crippen LogP contribution is -2.30. The van der Waals surface area contributed by atoms with Crippen molar-refractivity contribution in [3.8, 4) is 6.07 Å². The van der Waals surface area contributed by atoms with Crippen molar-refractivity contribution in [2.75, 3.05) is 11.5 Å². The molecule has 0 saturated heterocycles. The molecule has 14 heavy (non-hydrogen) atoms. The molecule has 0 aromatic carbocycles. The van der Waals surface area contributed by atoms with Crippen LogP contribution in [0.3, 0.4) is 0 Å². The van der Waals surface area contributed by atoms with Crippen molar-refractivity contribution in [2.45, 2.75) is 39.0 Å². The second-order valence-corrected chi connectivity index (χ2v) is 6.45. The first-order valence-electron chi connectivity index (χ1n) is 5.15. The molecule has 3 nitrogen and oxygen atoms in total. The Bertz CT molecular complexity index is 323. The first kappa shape index (κ1) is 11.5. The van der Waals surface area contributed by atoms with Crippen molar-refractivity contribution in [1.29, 1.82) is 5.26 Å². The van der Waals surface area contributed by atoms with Gasteiger partial charge in [-0.25, -0.2) is 8.42 Å². The van der Waals surface area contributed by atoms with Crippen molar-refractivity contribution in [2.24, 2.45) is 5.41 Å². The summed E-state index contributed by atoms with van der Waals surface area (Å²) in [6.45, 7) is 1.86. The van der Waals surface area contributed by atoms with Gasteiger partial charge in [0.25, 0.3) is 0 Å². The fourth-order valence-corrected chi connectivity index (χ4v) is 3.31. The average molecular weight is 215 g/mol. The van der Waals surface area contributed by atoms with E-state index in [1.807, 2.05) is 6.92 Å². The van der Waals surface area contributed by atoms with E-state index in [1.165, 1.54) is 0 Å². The minimum absolute atomic E-state index is 0.189. The van der Waals surface area contributed by atoms with E-state index in [1.54, 1.807) is 0 Å². The van der Waals surface area contributed by atoms with Gasteiger partial charge in [-0.1, -0.05) is 13.3 Å². The largest absolute Gasteiger partial charge is 0.229 e. The van der Waals surface area contributed by atoms with E-state index in [4.69, 9.17) is 5.26 Å². The van der Waals surface area contributed by atoms with Gasteiger partial charge in [0, 0.05) is 5.75 Å². The molecule has 1 fully saturated rings. The lowest BCUT2D eigenvalue weighted by molar-refractivity contribution is 0.208. The lowest BCUT2D eigenvalue weighted by atomic mass is 9.68. The lowest BCUT2D eigenvalue weighted by Gasteiger charge is -2.34.